The van der Waals surface area contributed by atoms with Gasteiger partial charge in [0, 0.05) is 23.5 Å². The summed E-state index contributed by atoms with van der Waals surface area (Å²) in [5.41, 5.74) is 2.56. The van der Waals surface area contributed by atoms with E-state index in [2.05, 4.69) is 20.9 Å². The van der Waals surface area contributed by atoms with E-state index in [1.807, 2.05) is 42.5 Å². The Kier molecular flexibility index (Phi) is 8.61. The molecule has 3 amide bonds. The topological polar surface area (TPSA) is 139 Å². The number of para-hydroxylation sites is 1. The number of H-pyrrole nitrogens is 1. The van der Waals surface area contributed by atoms with Crippen LogP contribution in [-0.4, -0.2) is 55.1 Å². The van der Waals surface area contributed by atoms with Crippen molar-refractivity contribution in [3.05, 3.63) is 71.9 Å². The normalized spacial score (nSPS) is 11.3. The molecular weight excluding hydrogens is 440 g/mol. The molecule has 10 heteroatoms. The van der Waals surface area contributed by atoms with Crippen molar-refractivity contribution >= 4 is 34.8 Å². The van der Waals surface area contributed by atoms with Crippen LogP contribution in [0.15, 0.2) is 60.8 Å². The van der Waals surface area contributed by atoms with E-state index in [0.717, 1.165) is 22.0 Å². The maximum atomic E-state index is 12.3. The summed E-state index contributed by atoms with van der Waals surface area (Å²) >= 11 is 0. The summed E-state index contributed by atoms with van der Waals surface area (Å²) in [4.78, 5) is 51.3. The van der Waals surface area contributed by atoms with Gasteiger partial charge in [-0.2, -0.15) is 0 Å². The molecule has 1 heterocycles. The number of aromatic nitrogens is 1. The number of nitrogens with one attached hydrogen (secondary N) is 4. The van der Waals surface area contributed by atoms with E-state index < -0.39 is 29.9 Å². The summed E-state index contributed by atoms with van der Waals surface area (Å²) in [6.07, 6.45) is 1.23. The summed E-state index contributed by atoms with van der Waals surface area (Å²) < 4.78 is 9.82. The van der Waals surface area contributed by atoms with Gasteiger partial charge in [0.2, 0.25) is 11.8 Å². The Labute approximate surface area is 196 Å². The summed E-state index contributed by atoms with van der Waals surface area (Å²) in [5.74, 6) is -1.76. The maximum Gasteiger partial charge on any atom is 0.407 e. The van der Waals surface area contributed by atoms with Crippen molar-refractivity contribution in [2.75, 3.05) is 20.2 Å². The van der Waals surface area contributed by atoms with Crippen LogP contribution in [0.4, 0.5) is 4.79 Å². The number of aromatic amines is 1. The SMILES string of the molecule is COC(=O)[C@@H](Cc1c[nH]c2ccccc12)NC(=O)CNC(=O)CNC(=O)OCc1ccccc1. The zero-order valence-corrected chi connectivity index (χ0v) is 18.6. The predicted octanol–water partition coefficient (Wildman–Crippen LogP) is 1.41. The van der Waals surface area contributed by atoms with Crippen LogP contribution in [0.2, 0.25) is 0 Å². The minimum Gasteiger partial charge on any atom is -0.467 e. The number of hydrogen-bond acceptors (Lipinski definition) is 6. The average molecular weight is 466 g/mol. The van der Waals surface area contributed by atoms with Gasteiger partial charge >= 0.3 is 12.1 Å². The molecule has 178 valence electrons. The Morgan fingerprint density at radius 2 is 1.62 bits per heavy atom. The Hall–Kier alpha value is -4.34. The van der Waals surface area contributed by atoms with Gasteiger partial charge in [0.15, 0.2) is 0 Å². The number of alkyl carbamates (subject to hydrolysis) is 1. The lowest BCUT2D eigenvalue weighted by molar-refractivity contribution is -0.144. The fraction of sp³-hybridized carbons (Fsp3) is 0.250. The molecule has 1 atom stereocenters. The minimum atomic E-state index is -0.931. The van der Waals surface area contributed by atoms with Gasteiger partial charge in [0.1, 0.15) is 19.2 Å². The zero-order chi connectivity index (χ0) is 24.3. The third-order valence-electron chi connectivity index (χ3n) is 4.97. The number of esters is 1. The number of rotatable bonds is 10. The standard InChI is InChI=1S/C24H26N4O6/c1-33-23(31)20(11-17-12-25-19-10-6-5-9-18(17)19)28-22(30)14-26-21(29)13-27-24(32)34-15-16-7-3-2-4-8-16/h2-10,12,20,25H,11,13-15H2,1H3,(H,26,29)(H,27,32)(H,28,30)/t20-/m1/s1. The number of amides is 3. The van der Waals surface area contributed by atoms with Crippen molar-refractivity contribution in [2.24, 2.45) is 0 Å². The van der Waals surface area contributed by atoms with E-state index >= 15 is 0 Å². The average Bonchev–Trinajstić information content (AvgIpc) is 3.27. The van der Waals surface area contributed by atoms with Crippen molar-refractivity contribution in [3.8, 4) is 0 Å². The third kappa shape index (κ3) is 7.09. The molecule has 0 fully saturated rings. The highest BCUT2D eigenvalue weighted by atomic mass is 16.5. The first-order chi connectivity index (χ1) is 16.5. The zero-order valence-electron chi connectivity index (χ0n) is 18.6. The fourth-order valence-electron chi connectivity index (χ4n) is 3.27. The second-order valence-corrected chi connectivity index (χ2v) is 7.40. The summed E-state index contributed by atoms with van der Waals surface area (Å²) in [6, 6.07) is 15.8. The third-order valence-corrected chi connectivity index (χ3v) is 4.97. The van der Waals surface area contributed by atoms with Gasteiger partial charge in [-0.05, 0) is 17.2 Å². The van der Waals surface area contributed by atoms with Crippen LogP contribution < -0.4 is 16.0 Å². The lowest BCUT2D eigenvalue weighted by atomic mass is 10.0. The fourth-order valence-corrected chi connectivity index (χ4v) is 3.27. The van der Waals surface area contributed by atoms with Gasteiger partial charge in [-0.15, -0.1) is 0 Å². The van der Waals surface area contributed by atoms with Gasteiger partial charge in [-0.1, -0.05) is 48.5 Å². The first-order valence-corrected chi connectivity index (χ1v) is 10.6. The summed E-state index contributed by atoms with van der Waals surface area (Å²) in [6.45, 7) is -0.667. The van der Waals surface area contributed by atoms with E-state index in [-0.39, 0.29) is 26.1 Å². The summed E-state index contributed by atoms with van der Waals surface area (Å²) in [7, 11) is 1.24. The number of hydrogen-bond donors (Lipinski definition) is 4. The Morgan fingerprint density at radius 3 is 2.38 bits per heavy atom. The molecule has 0 aliphatic carbocycles. The Bertz CT molecular complexity index is 1140. The van der Waals surface area contributed by atoms with E-state index in [9.17, 15) is 19.2 Å². The van der Waals surface area contributed by atoms with Gasteiger partial charge in [-0.25, -0.2) is 9.59 Å². The molecule has 1 aromatic heterocycles. The second kappa shape index (κ2) is 12.0. The number of benzene rings is 2. The highest BCUT2D eigenvalue weighted by Crippen LogP contribution is 2.19. The van der Waals surface area contributed by atoms with Gasteiger partial charge in [0.25, 0.3) is 0 Å². The molecule has 0 unspecified atom stereocenters. The molecule has 34 heavy (non-hydrogen) atoms. The van der Waals surface area contributed by atoms with E-state index in [0.29, 0.717) is 0 Å². The molecule has 10 nitrogen and oxygen atoms in total. The minimum absolute atomic E-state index is 0.0715. The number of carbonyl (C=O) groups is 4. The number of ether oxygens (including phenoxy) is 2. The van der Waals surface area contributed by atoms with Gasteiger partial charge in [0.05, 0.1) is 13.7 Å². The van der Waals surface area contributed by atoms with Crippen molar-refractivity contribution in [3.63, 3.8) is 0 Å². The van der Waals surface area contributed by atoms with Crippen LogP contribution in [0.25, 0.3) is 10.9 Å². The molecule has 0 radical (unpaired) electrons. The monoisotopic (exact) mass is 466 g/mol. The predicted molar refractivity (Wildman–Crippen MR) is 124 cm³/mol. The second-order valence-electron chi connectivity index (χ2n) is 7.40. The highest BCUT2D eigenvalue weighted by molar-refractivity contribution is 5.90. The first kappa shape index (κ1) is 24.3. The lowest BCUT2D eigenvalue weighted by Crippen LogP contribution is -2.48. The van der Waals surface area contributed by atoms with Gasteiger partial charge in [-0.3, -0.25) is 9.59 Å². The Balaban J connectivity index is 1.42. The van der Waals surface area contributed by atoms with Gasteiger partial charge < -0.3 is 30.4 Å². The number of carbonyl (C=O) groups excluding carboxylic acids is 4. The van der Waals surface area contributed by atoms with E-state index in [1.54, 1.807) is 18.3 Å². The molecule has 4 N–H and O–H groups in total. The van der Waals surface area contributed by atoms with Crippen molar-refractivity contribution in [1.82, 2.24) is 20.9 Å². The molecule has 0 spiro atoms. The molecule has 0 saturated carbocycles. The maximum absolute atomic E-state index is 12.3. The number of methoxy groups -OCH3 is 1. The lowest BCUT2D eigenvalue weighted by Gasteiger charge is -2.16. The van der Waals surface area contributed by atoms with Crippen LogP contribution in [0.5, 0.6) is 0 Å². The molecule has 2 aromatic carbocycles. The van der Waals surface area contributed by atoms with Crippen molar-refractivity contribution < 1.29 is 28.7 Å². The highest BCUT2D eigenvalue weighted by Gasteiger charge is 2.23. The van der Waals surface area contributed by atoms with Crippen LogP contribution in [0.1, 0.15) is 11.1 Å². The van der Waals surface area contributed by atoms with Crippen LogP contribution in [0, 0.1) is 0 Å². The molecule has 0 aliphatic rings. The van der Waals surface area contributed by atoms with Crippen molar-refractivity contribution in [1.29, 1.82) is 0 Å². The molecule has 0 saturated heterocycles. The van der Waals surface area contributed by atoms with Crippen LogP contribution in [0.3, 0.4) is 0 Å². The molecular formula is C24H26N4O6. The van der Waals surface area contributed by atoms with Crippen LogP contribution >= 0.6 is 0 Å². The molecule has 3 aromatic rings. The first-order valence-electron chi connectivity index (χ1n) is 10.6. The smallest absolute Gasteiger partial charge is 0.407 e. The summed E-state index contributed by atoms with van der Waals surface area (Å²) in [5, 5.41) is 8.20. The Morgan fingerprint density at radius 1 is 0.912 bits per heavy atom. The quantitative estimate of drug-likeness (QED) is 0.333. The van der Waals surface area contributed by atoms with E-state index in [4.69, 9.17) is 9.47 Å². The van der Waals surface area contributed by atoms with E-state index in [1.165, 1.54) is 7.11 Å². The molecule has 3 rings (SSSR count). The number of fused-ring (bicyclic) bond motifs is 1. The molecule has 0 aliphatic heterocycles. The largest absolute Gasteiger partial charge is 0.467 e. The van der Waals surface area contributed by atoms with Crippen LogP contribution in [-0.2, 0) is 36.9 Å². The molecule has 0 bridgehead atoms. The van der Waals surface area contributed by atoms with Crippen molar-refractivity contribution in [2.45, 2.75) is 19.1 Å².